The van der Waals surface area contributed by atoms with E-state index in [1.54, 1.807) is 6.07 Å². The first-order chi connectivity index (χ1) is 8.15. The van der Waals surface area contributed by atoms with Gasteiger partial charge in [-0.1, -0.05) is 5.92 Å². The maximum Gasteiger partial charge on any atom is 0.177 e. The molecule has 0 atom stereocenters. The van der Waals surface area contributed by atoms with Crippen molar-refractivity contribution in [1.29, 1.82) is 0 Å². The van der Waals surface area contributed by atoms with Crippen molar-refractivity contribution in [3.8, 4) is 23.8 Å². The summed E-state index contributed by atoms with van der Waals surface area (Å²) < 4.78 is 12.0. The van der Waals surface area contributed by atoms with Crippen molar-refractivity contribution in [3.63, 3.8) is 0 Å². The number of rotatable bonds is 5. The molecule has 0 bridgehead atoms. The average molecular weight is 362 g/mol. The third-order valence-corrected chi connectivity index (χ3v) is 4.03. The number of ether oxygens (including phenoxy) is 2. The maximum absolute atomic E-state index is 10.9. The van der Waals surface area contributed by atoms with Gasteiger partial charge in [0.15, 0.2) is 17.8 Å². The van der Waals surface area contributed by atoms with Crippen molar-refractivity contribution in [2.45, 2.75) is 6.92 Å². The van der Waals surface area contributed by atoms with E-state index in [1.807, 2.05) is 6.92 Å². The second kappa shape index (κ2) is 6.67. The van der Waals surface area contributed by atoms with E-state index in [2.05, 4.69) is 37.8 Å². The van der Waals surface area contributed by atoms with Crippen LogP contribution in [-0.4, -0.2) is 19.5 Å². The SMILES string of the molecule is C#CCOc1c(OCC)cc(C=O)c(Br)c1Br. The second-order valence-corrected chi connectivity index (χ2v) is 4.55. The van der Waals surface area contributed by atoms with Gasteiger partial charge in [-0.2, -0.15) is 0 Å². The van der Waals surface area contributed by atoms with Crippen LogP contribution < -0.4 is 9.47 Å². The molecule has 0 spiro atoms. The number of halogens is 2. The molecule has 0 saturated carbocycles. The normalized spacial score (nSPS) is 9.53. The van der Waals surface area contributed by atoms with Crippen LogP contribution in [0.25, 0.3) is 0 Å². The smallest absolute Gasteiger partial charge is 0.177 e. The summed E-state index contributed by atoms with van der Waals surface area (Å²) in [6.07, 6.45) is 5.88. The highest BCUT2D eigenvalue weighted by molar-refractivity contribution is 9.13. The van der Waals surface area contributed by atoms with Crippen LogP contribution in [0.5, 0.6) is 11.5 Å². The fourth-order valence-electron chi connectivity index (χ4n) is 1.20. The molecule has 0 heterocycles. The Morgan fingerprint density at radius 2 is 2.12 bits per heavy atom. The molecule has 0 fully saturated rings. The van der Waals surface area contributed by atoms with Crippen LogP contribution in [0, 0.1) is 12.3 Å². The fourth-order valence-corrected chi connectivity index (χ4v) is 2.13. The number of aldehydes is 1. The minimum Gasteiger partial charge on any atom is -0.490 e. The molecule has 17 heavy (non-hydrogen) atoms. The molecular formula is C12H10Br2O3. The van der Waals surface area contributed by atoms with Crippen LogP contribution in [0.15, 0.2) is 15.0 Å². The first-order valence-corrected chi connectivity index (χ1v) is 6.40. The van der Waals surface area contributed by atoms with Gasteiger partial charge in [-0.05, 0) is 44.8 Å². The molecule has 0 aliphatic carbocycles. The third kappa shape index (κ3) is 3.24. The van der Waals surface area contributed by atoms with Crippen LogP contribution in [0.3, 0.4) is 0 Å². The van der Waals surface area contributed by atoms with Crippen molar-refractivity contribution in [2.75, 3.05) is 13.2 Å². The minimum atomic E-state index is 0.131. The van der Waals surface area contributed by atoms with E-state index in [1.165, 1.54) is 0 Å². The van der Waals surface area contributed by atoms with Crippen LogP contribution in [0.2, 0.25) is 0 Å². The molecule has 0 saturated heterocycles. The van der Waals surface area contributed by atoms with E-state index in [0.29, 0.717) is 32.6 Å². The molecule has 0 amide bonds. The average Bonchev–Trinajstić information content (AvgIpc) is 2.33. The zero-order valence-electron chi connectivity index (χ0n) is 9.13. The maximum atomic E-state index is 10.9. The first-order valence-electron chi connectivity index (χ1n) is 4.81. The van der Waals surface area contributed by atoms with Gasteiger partial charge in [-0.3, -0.25) is 4.79 Å². The number of terminal acetylenes is 1. The predicted molar refractivity (Wildman–Crippen MR) is 72.7 cm³/mol. The molecular weight excluding hydrogens is 352 g/mol. The van der Waals surface area contributed by atoms with Crippen molar-refractivity contribution in [3.05, 3.63) is 20.6 Å². The highest BCUT2D eigenvalue weighted by atomic mass is 79.9. The monoisotopic (exact) mass is 360 g/mol. The quantitative estimate of drug-likeness (QED) is 0.595. The first kappa shape index (κ1) is 14.1. The Labute approximate surface area is 117 Å². The lowest BCUT2D eigenvalue weighted by Crippen LogP contribution is -2.02. The highest BCUT2D eigenvalue weighted by Gasteiger charge is 2.16. The molecule has 0 radical (unpaired) electrons. The van der Waals surface area contributed by atoms with E-state index in [4.69, 9.17) is 15.9 Å². The molecule has 3 nitrogen and oxygen atoms in total. The van der Waals surface area contributed by atoms with Gasteiger partial charge in [0.25, 0.3) is 0 Å². The highest BCUT2D eigenvalue weighted by Crippen LogP contribution is 2.42. The lowest BCUT2D eigenvalue weighted by molar-refractivity contribution is 0.112. The fraction of sp³-hybridized carbons (Fsp3) is 0.250. The number of carbonyl (C=O) groups is 1. The van der Waals surface area contributed by atoms with Crippen molar-refractivity contribution < 1.29 is 14.3 Å². The van der Waals surface area contributed by atoms with Crippen LogP contribution in [0.1, 0.15) is 17.3 Å². The summed E-state index contributed by atoms with van der Waals surface area (Å²) in [7, 11) is 0. The van der Waals surface area contributed by atoms with E-state index < -0.39 is 0 Å². The largest absolute Gasteiger partial charge is 0.490 e. The Balaban J connectivity index is 3.28. The Morgan fingerprint density at radius 3 is 2.65 bits per heavy atom. The van der Waals surface area contributed by atoms with Crippen LogP contribution in [0.4, 0.5) is 0 Å². The van der Waals surface area contributed by atoms with Crippen molar-refractivity contribution >= 4 is 38.1 Å². The second-order valence-electron chi connectivity index (χ2n) is 2.96. The summed E-state index contributed by atoms with van der Waals surface area (Å²) in [6, 6.07) is 1.61. The molecule has 1 rings (SSSR count). The predicted octanol–water partition coefficient (Wildman–Crippen LogP) is 3.43. The van der Waals surface area contributed by atoms with Crippen molar-refractivity contribution in [2.24, 2.45) is 0 Å². The van der Waals surface area contributed by atoms with Gasteiger partial charge < -0.3 is 9.47 Å². The zero-order valence-corrected chi connectivity index (χ0v) is 12.3. The molecule has 1 aromatic rings. The number of carbonyl (C=O) groups excluding carboxylic acids is 1. The van der Waals surface area contributed by atoms with Gasteiger partial charge in [0, 0.05) is 10.0 Å². The number of hydrogen-bond donors (Lipinski definition) is 0. The Morgan fingerprint density at radius 1 is 1.41 bits per heavy atom. The van der Waals surface area contributed by atoms with E-state index in [0.717, 1.165) is 6.29 Å². The zero-order chi connectivity index (χ0) is 12.8. The minimum absolute atomic E-state index is 0.131. The van der Waals surface area contributed by atoms with E-state index >= 15 is 0 Å². The molecule has 0 aliphatic heterocycles. The molecule has 90 valence electrons. The summed E-state index contributed by atoms with van der Waals surface area (Å²) in [5.74, 6) is 3.35. The van der Waals surface area contributed by atoms with Crippen LogP contribution >= 0.6 is 31.9 Å². The van der Waals surface area contributed by atoms with Gasteiger partial charge >= 0.3 is 0 Å². The topological polar surface area (TPSA) is 35.5 Å². The molecule has 5 heteroatoms. The molecule has 0 unspecified atom stereocenters. The lowest BCUT2D eigenvalue weighted by Gasteiger charge is -2.14. The van der Waals surface area contributed by atoms with Gasteiger partial charge in [-0.15, -0.1) is 6.42 Å². The summed E-state index contributed by atoms with van der Waals surface area (Å²) >= 11 is 6.65. The third-order valence-electron chi connectivity index (χ3n) is 1.88. The van der Waals surface area contributed by atoms with Crippen molar-refractivity contribution in [1.82, 2.24) is 0 Å². The van der Waals surface area contributed by atoms with Gasteiger partial charge in [0.1, 0.15) is 6.61 Å². The van der Waals surface area contributed by atoms with Gasteiger partial charge in [0.2, 0.25) is 0 Å². The number of benzene rings is 1. The van der Waals surface area contributed by atoms with Gasteiger partial charge in [-0.25, -0.2) is 0 Å². The van der Waals surface area contributed by atoms with Gasteiger partial charge in [0.05, 0.1) is 11.1 Å². The van der Waals surface area contributed by atoms with Crippen LogP contribution in [-0.2, 0) is 0 Å². The Kier molecular flexibility index (Phi) is 5.52. The van der Waals surface area contributed by atoms with E-state index in [9.17, 15) is 4.79 Å². The molecule has 0 aromatic heterocycles. The lowest BCUT2D eigenvalue weighted by atomic mass is 10.2. The summed E-state index contributed by atoms with van der Waals surface area (Å²) in [4.78, 5) is 10.9. The summed E-state index contributed by atoms with van der Waals surface area (Å²) in [5, 5.41) is 0. The Hall–Kier alpha value is -0.990. The number of hydrogen-bond acceptors (Lipinski definition) is 3. The summed E-state index contributed by atoms with van der Waals surface area (Å²) in [6.45, 7) is 2.45. The van der Waals surface area contributed by atoms with E-state index in [-0.39, 0.29) is 6.61 Å². The molecule has 1 aromatic carbocycles. The standard InChI is InChI=1S/C12H10Br2O3/c1-3-5-17-12-9(16-4-2)6-8(7-15)10(13)11(12)14/h1,6-7H,4-5H2,2H3. The molecule has 0 aliphatic rings. The Bertz CT molecular complexity index is 464. The molecule has 0 N–H and O–H groups in total. The summed E-state index contributed by atoms with van der Waals surface area (Å²) in [5.41, 5.74) is 0.480.